The number of ketones is 1. The molecule has 122 valence electrons. The minimum Gasteiger partial charge on any atom is -0.464 e. The number of amides is 1. The lowest BCUT2D eigenvalue weighted by Gasteiger charge is -2.06. The van der Waals surface area contributed by atoms with Gasteiger partial charge in [-0.25, -0.2) is 13.6 Å². The van der Waals surface area contributed by atoms with Crippen molar-refractivity contribution < 1.29 is 32.6 Å². The Morgan fingerprint density at radius 3 is 2.59 bits per heavy atom. The van der Waals surface area contributed by atoms with Crippen molar-refractivity contribution in [2.24, 2.45) is 0 Å². The summed E-state index contributed by atoms with van der Waals surface area (Å²) >= 11 is 0. The van der Waals surface area contributed by atoms with Crippen LogP contribution in [0.3, 0.4) is 0 Å². The first-order chi connectivity index (χ1) is 10.3. The van der Waals surface area contributed by atoms with E-state index in [9.17, 15) is 23.2 Å². The van der Waals surface area contributed by atoms with E-state index >= 15 is 0 Å². The second-order valence-electron chi connectivity index (χ2n) is 4.28. The number of carbonyl (C=O) groups is 3. The number of ether oxygens (including phenoxy) is 2. The maximum Gasteiger partial charge on any atom is 0.354 e. The van der Waals surface area contributed by atoms with Crippen molar-refractivity contribution in [2.75, 3.05) is 25.6 Å². The van der Waals surface area contributed by atoms with Gasteiger partial charge in [-0.3, -0.25) is 9.59 Å². The van der Waals surface area contributed by atoms with E-state index in [0.717, 1.165) is 0 Å². The largest absolute Gasteiger partial charge is 0.464 e. The molecule has 1 amide bonds. The third-order valence-corrected chi connectivity index (χ3v) is 2.58. The summed E-state index contributed by atoms with van der Waals surface area (Å²) in [5, 5.41) is 2.39. The van der Waals surface area contributed by atoms with Gasteiger partial charge in [0.25, 0.3) is 6.43 Å². The number of esters is 1. The SMILES string of the molecule is COC(=O)c1cc(C(C)=O)c(NC(=O)CCOCC(F)F)[nH]1. The molecule has 0 fully saturated rings. The highest BCUT2D eigenvalue weighted by Gasteiger charge is 2.18. The number of alkyl halides is 2. The van der Waals surface area contributed by atoms with Crippen LogP contribution in [0.1, 0.15) is 34.2 Å². The molecule has 0 unspecified atom stereocenters. The molecule has 0 radical (unpaired) electrons. The van der Waals surface area contributed by atoms with Gasteiger partial charge in [-0.1, -0.05) is 0 Å². The highest BCUT2D eigenvalue weighted by molar-refractivity contribution is 6.05. The Bertz CT molecular complexity index is 557. The normalized spacial score (nSPS) is 10.6. The van der Waals surface area contributed by atoms with Gasteiger partial charge in [0, 0.05) is 0 Å². The van der Waals surface area contributed by atoms with Crippen molar-refractivity contribution in [2.45, 2.75) is 19.8 Å². The highest BCUT2D eigenvalue weighted by Crippen LogP contribution is 2.18. The fourth-order valence-electron chi connectivity index (χ4n) is 1.59. The predicted molar refractivity (Wildman–Crippen MR) is 72.2 cm³/mol. The van der Waals surface area contributed by atoms with E-state index in [1.165, 1.54) is 20.1 Å². The maximum absolute atomic E-state index is 11.8. The van der Waals surface area contributed by atoms with Crippen LogP contribution in [0.5, 0.6) is 0 Å². The standard InChI is InChI=1S/C13H16F2N2O5/c1-7(18)8-5-9(13(20)21-2)16-12(8)17-11(19)3-4-22-6-10(14)15/h5,10,16H,3-4,6H2,1-2H3,(H,17,19). The van der Waals surface area contributed by atoms with Crippen molar-refractivity contribution in [3.8, 4) is 0 Å². The minimum absolute atomic E-state index is 0.0111. The Morgan fingerprint density at radius 2 is 2.05 bits per heavy atom. The molecule has 1 aromatic rings. The van der Waals surface area contributed by atoms with Crippen molar-refractivity contribution in [3.63, 3.8) is 0 Å². The summed E-state index contributed by atoms with van der Waals surface area (Å²) < 4.78 is 32.8. The number of hydrogen-bond acceptors (Lipinski definition) is 5. The molecule has 1 aromatic heterocycles. The lowest BCUT2D eigenvalue weighted by molar-refractivity contribution is -0.117. The van der Waals surface area contributed by atoms with Crippen LogP contribution in [-0.4, -0.2) is 49.4 Å². The molecule has 1 rings (SSSR count). The minimum atomic E-state index is -2.60. The fourth-order valence-corrected chi connectivity index (χ4v) is 1.59. The zero-order chi connectivity index (χ0) is 16.7. The first-order valence-corrected chi connectivity index (χ1v) is 6.33. The number of hydrogen-bond donors (Lipinski definition) is 2. The summed E-state index contributed by atoms with van der Waals surface area (Å²) in [7, 11) is 1.18. The molecule has 0 bridgehead atoms. The molecule has 22 heavy (non-hydrogen) atoms. The van der Waals surface area contributed by atoms with Gasteiger partial charge in [-0.15, -0.1) is 0 Å². The molecule has 0 aliphatic heterocycles. The summed E-state index contributed by atoms with van der Waals surface area (Å²) in [5.41, 5.74) is 0.124. The lowest BCUT2D eigenvalue weighted by Crippen LogP contribution is -2.17. The lowest BCUT2D eigenvalue weighted by atomic mass is 10.2. The Morgan fingerprint density at radius 1 is 1.36 bits per heavy atom. The number of aromatic amines is 1. The smallest absolute Gasteiger partial charge is 0.354 e. The van der Waals surface area contributed by atoms with Gasteiger partial charge in [0.1, 0.15) is 18.1 Å². The van der Waals surface area contributed by atoms with Gasteiger partial charge >= 0.3 is 5.97 Å². The number of methoxy groups -OCH3 is 1. The van der Waals surface area contributed by atoms with E-state index in [4.69, 9.17) is 0 Å². The number of H-pyrrole nitrogens is 1. The highest BCUT2D eigenvalue weighted by atomic mass is 19.3. The van der Waals surface area contributed by atoms with Crippen molar-refractivity contribution in [1.82, 2.24) is 4.98 Å². The first-order valence-electron chi connectivity index (χ1n) is 6.33. The molecule has 0 aromatic carbocycles. The van der Waals surface area contributed by atoms with Gasteiger partial charge in [0.2, 0.25) is 5.91 Å². The number of rotatable bonds is 8. The van der Waals surface area contributed by atoms with Crippen LogP contribution in [0.4, 0.5) is 14.6 Å². The Kier molecular flexibility index (Phi) is 6.64. The maximum atomic E-state index is 11.8. The van der Waals surface area contributed by atoms with E-state index in [1.54, 1.807) is 0 Å². The van der Waals surface area contributed by atoms with Crippen LogP contribution in [0, 0.1) is 0 Å². The molecule has 0 aliphatic rings. The number of anilines is 1. The van der Waals surface area contributed by atoms with Crippen LogP contribution in [-0.2, 0) is 14.3 Å². The summed E-state index contributed by atoms with van der Waals surface area (Å²) in [4.78, 5) is 37.1. The molecule has 0 aliphatic carbocycles. The van der Waals surface area contributed by atoms with E-state index in [-0.39, 0.29) is 35.9 Å². The third-order valence-electron chi connectivity index (χ3n) is 2.58. The molecular weight excluding hydrogens is 302 g/mol. The van der Waals surface area contributed by atoms with Crippen LogP contribution in [0.15, 0.2) is 6.07 Å². The van der Waals surface area contributed by atoms with Crippen LogP contribution in [0.2, 0.25) is 0 Å². The summed E-state index contributed by atoms with van der Waals surface area (Å²) in [6.07, 6.45) is -2.77. The molecule has 9 heteroatoms. The van der Waals surface area contributed by atoms with Crippen LogP contribution >= 0.6 is 0 Å². The molecule has 0 spiro atoms. The average Bonchev–Trinajstić information content (AvgIpc) is 2.86. The zero-order valence-electron chi connectivity index (χ0n) is 12.1. The van der Waals surface area contributed by atoms with Crippen molar-refractivity contribution in [1.29, 1.82) is 0 Å². The van der Waals surface area contributed by atoms with Gasteiger partial charge in [0.05, 0.1) is 25.7 Å². The van der Waals surface area contributed by atoms with Gasteiger partial charge < -0.3 is 19.8 Å². The number of Topliss-reactive ketones (excluding diaryl/α,β-unsaturated/α-hetero) is 1. The summed E-state index contributed by atoms with van der Waals surface area (Å²) in [5.74, 6) is -1.55. The molecule has 2 N–H and O–H groups in total. The quantitative estimate of drug-likeness (QED) is 0.431. The third kappa shape index (κ3) is 5.24. The first kappa shape index (κ1) is 17.8. The number of halogens is 2. The monoisotopic (exact) mass is 318 g/mol. The van der Waals surface area contributed by atoms with Crippen LogP contribution in [0.25, 0.3) is 0 Å². The van der Waals surface area contributed by atoms with E-state index < -0.39 is 24.9 Å². The Labute approximate surface area is 125 Å². The molecule has 1 heterocycles. The molecular formula is C13H16F2N2O5. The van der Waals surface area contributed by atoms with E-state index in [2.05, 4.69) is 19.8 Å². The zero-order valence-corrected chi connectivity index (χ0v) is 12.1. The molecule has 7 nitrogen and oxygen atoms in total. The van der Waals surface area contributed by atoms with Crippen molar-refractivity contribution >= 4 is 23.5 Å². The van der Waals surface area contributed by atoms with Crippen molar-refractivity contribution in [3.05, 3.63) is 17.3 Å². The average molecular weight is 318 g/mol. The van der Waals surface area contributed by atoms with Gasteiger partial charge in [-0.2, -0.15) is 0 Å². The molecule has 0 saturated heterocycles. The second-order valence-corrected chi connectivity index (χ2v) is 4.28. The van der Waals surface area contributed by atoms with Crippen LogP contribution < -0.4 is 5.32 Å². The molecule has 0 saturated carbocycles. The molecule has 0 atom stereocenters. The van der Waals surface area contributed by atoms with E-state index in [1.807, 2.05) is 0 Å². The second kappa shape index (κ2) is 8.23. The Hall–Kier alpha value is -2.29. The predicted octanol–water partition coefficient (Wildman–Crippen LogP) is 1.61. The summed E-state index contributed by atoms with van der Waals surface area (Å²) in [6, 6.07) is 1.26. The number of carbonyl (C=O) groups excluding carboxylic acids is 3. The number of aromatic nitrogens is 1. The summed E-state index contributed by atoms with van der Waals surface area (Å²) in [6.45, 7) is 0.336. The fraction of sp³-hybridized carbons (Fsp3) is 0.462. The van der Waals surface area contributed by atoms with Gasteiger partial charge in [0.15, 0.2) is 5.78 Å². The Balaban J connectivity index is 2.67. The topological polar surface area (TPSA) is 97.5 Å². The van der Waals surface area contributed by atoms with E-state index in [0.29, 0.717) is 0 Å². The number of nitrogens with one attached hydrogen (secondary N) is 2. The van der Waals surface area contributed by atoms with Gasteiger partial charge in [-0.05, 0) is 13.0 Å².